The van der Waals surface area contributed by atoms with E-state index in [0.29, 0.717) is 11.6 Å². The number of hydrogen-bond acceptors (Lipinski definition) is 2. The number of aryl methyl sites for hydroxylation is 1. The van der Waals surface area contributed by atoms with E-state index in [1.54, 1.807) is 6.07 Å². The highest BCUT2D eigenvalue weighted by Crippen LogP contribution is 2.26. The molecule has 0 aliphatic rings. The molecule has 0 saturated carbocycles. The van der Waals surface area contributed by atoms with Crippen LogP contribution >= 0.6 is 0 Å². The molecule has 0 unspecified atom stereocenters. The molecule has 0 aliphatic heterocycles. The van der Waals surface area contributed by atoms with Crippen LogP contribution in [0, 0.1) is 12.8 Å². The first kappa shape index (κ1) is 9.78. The number of phenols is 1. The van der Waals surface area contributed by atoms with Gasteiger partial charge in [0.15, 0.2) is 0 Å². The van der Waals surface area contributed by atoms with E-state index in [0.717, 1.165) is 5.56 Å². The molecule has 0 heterocycles. The van der Waals surface area contributed by atoms with Crippen molar-refractivity contribution in [3.05, 3.63) is 23.8 Å². The molecule has 1 N–H and O–H groups in total. The van der Waals surface area contributed by atoms with E-state index in [-0.39, 0.29) is 5.75 Å². The summed E-state index contributed by atoms with van der Waals surface area (Å²) in [6.45, 7) is 6.08. The van der Waals surface area contributed by atoms with E-state index in [1.807, 2.05) is 25.3 Å². The zero-order valence-electron chi connectivity index (χ0n) is 8.28. The van der Waals surface area contributed by atoms with Crippen molar-refractivity contribution in [2.75, 3.05) is 0 Å². The average Bonchev–Trinajstić information content (AvgIpc) is 2.06. The fourth-order valence-corrected chi connectivity index (χ4v) is 0.966. The van der Waals surface area contributed by atoms with Crippen molar-refractivity contribution >= 4 is 11.9 Å². The Balaban J connectivity index is 2.93. The predicted octanol–water partition coefficient (Wildman–Crippen LogP) is 3.06. The molecule has 0 atom stereocenters. The van der Waals surface area contributed by atoms with Crippen molar-refractivity contribution in [1.29, 1.82) is 0 Å². The van der Waals surface area contributed by atoms with Gasteiger partial charge in [0.1, 0.15) is 11.4 Å². The molecule has 1 rings (SSSR count). The van der Waals surface area contributed by atoms with Gasteiger partial charge in [-0.1, -0.05) is 19.9 Å². The van der Waals surface area contributed by atoms with Gasteiger partial charge in [-0.05, 0) is 30.5 Å². The lowest BCUT2D eigenvalue weighted by Gasteiger charge is -2.00. The quantitative estimate of drug-likeness (QED) is 0.692. The first-order chi connectivity index (χ1) is 6.09. The highest BCUT2D eigenvalue weighted by molar-refractivity contribution is 5.67. The standard InChI is InChI=1S/C11H15NO/c1-8(2)7-12-10-6-9(3)4-5-11(10)13/h4-8,13H,1-3H3. The summed E-state index contributed by atoms with van der Waals surface area (Å²) in [6.07, 6.45) is 1.83. The lowest BCUT2D eigenvalue weighted by atomic mass is 10.2. The lowest BCUT2D eigenvalue weighted by molar-refractivity contribution is 0.477. The monoisotopic (exact) mass is 177 g/mol. The largest absolute Gasteiger partial charge is 0.506 e. The SMILES string of the molecule is Cc1ccc(O)c(N=CC(C)C)c1. The summed E-state index contributed by atoms with van der Waals surface area (Å²) in [4.78, 5) is 4.19. The molecule has 0 amide bonds. The molecule has 1 aromatic rings. The lowest BCUT2D eigenvalue weighted by Crippen LogP contribution is -1.85. The van der Waals surface area contributed by atoms with E-state index in [4.69, 9.17) is 0 Å². The van der Waals surface area contributed by atoms with Crippen LogP contribution < -0.4 is 0 Å². The second-order valence-corrected chi connectivity index (χ2v) is 3.51. The second kappa shape index (κ2) is 4.08. The van der Waals surface area contributed by atoms with Crippen molar-refractivity contribution in [3.8, 4) is 5.75 Å². The minimum atomic E-state index is 0.238. The van der Waals surface area contributed by atoms with Gasteiger partial charge in [0.25, 0.3) is 0 Å². The van der Waals surface area contributed by atoms with E-state index in [9.17, 15) is 5.11 Å². The van der Waals surface area contributed by atoms with Crippen LogP contribution in [0.5, 0.6) is 5.75 Å². The number of hydrogen-bond donors (Lipinski definition) is 1. The van der Waals surface area contributed by atoms with Gasteiger partial charge in [-0.15, -0.1) is 0 Å². The summed E-state index contributed by atoms with van der Waals surface area (Å²) in [5.41, 5.74) is 1.75. The zero-order chi connectivity index (χ0) is 9.84. The number of aromatic hydroxyl groups is 1. The first-order valence-corrected chi connectivity index (χ1v) is 4.43. The predicted molar refractivity (Wildman–Crippen MR) is 55.8 cm³/mol. The maximum Gasteiger partial charge on any atom is 0.141 e. The number of benzene rings is 1. The first-order valence-electron chi connectivity index (χ1n) is 4.43. The third-order valence-electron chi connectivity index (χ3n) is 1.64. The molecule has 13 heavy (non-hydrogen) atoms. The van der Waals surface area contributed by atoms with Crippen LogP contribution in [0.1, 0.15) is 19.4 Å². The highest BCUT2D eigenvalue weighted by Gasteiger charge is 1.97. The van der Waals surface area contributed by atoms with Crippen LogP contribution in [0.15, 0.2) is 23.2 Å². The molecule has 0 radical (unpaired) electrons. The topological polar surface area (TPSA) is 32.6 Å². The van der Waals surface area contributed by atoms with E-state index < -0.39 is 0 Å². The van der Waals surface area contributed by atoms with Crippen molar-refractivity contribution in [2.24, 2.45) is 10.9 Å². The Labute approximate surface area is 78.9 Å². The van der Waals surface area contributed by atoms with Crippen molar-refractivity contribution in [1.82, 2.24) is 0 Å². The minimum Gasteiger partial charge on any atom is -0.506 e. The Morgan fingerprint density at radius 3 is 2.69 bits per heavy atom. The maximum absolute atomic E-state index is 9.43. The van der Waals surface area contributed by atoms with E-state index >= 15 is 0 Å². The van der Waals surface area contributed by atoms with Crippen LogP contribution in [0.2, 0.25) is 0 Å². The molecule has 0 saturated heterocycles. The highest BCUT2D eigenvalue weighted by atomic mass is 16.3. The summed E-state index contributed by atoms with van der Waals surface area (Å²) in [7, 11) is 0. The fraction of sp³-hybridized carbons (Fsp3) is 0.364. The average molecular weight is 177 g/mol. The molecular formula is C11H15NO. The van der Waals surface area contributed by atoms with Crippen LogP contribution in [0.3, 0.4) is 0 Å². The molecule has 0 bridgehead atoms. The third kappa shape index (κ3) is 2.90. The van der Waals surface area contributed by atoms with Crippen LogP contribution in [0.4, 0.5) is 5.69 Å². The number of nitrogens with zero attached hydrogens (tertiary/aromatic N) is 1. The molecule has 2 heteroatoms. The molecule has 70 valence electrons. The van der Waals surface area contributed by atoms with E-state index in [2.05, 4.69) is 18.8 Å². The van der Waals surface area contributed by atoms with Gasteiger partial charge in [-0.25, -0.2) is 0 Å². The van der Waals surface area contributed by atoms with Gasteiger partial charge in [0.2, 0.25) is 0 Å². The molecule has 0 fully saturated rings. The Morgan fingerprint density at radius 2 is 2.08 bits per heavy atom. The fourth-order valence-electron chi connectivity index (χ4n) is 0.966. The zero-order valence-corrected chi connectivity index (χ0v) is 8.28. The van der Waals surface area contributed by atoms with Crippen LogP contribution in [0.25, 0.3) is 0 Å². The van der Waals surface area contributed by atoms with E-state index in [1.165, 1.54) is 0 Å². The molecule has 2 nitrogen and oxygen atoms in total. The summed E-state index contributed by atoms with van der Waals surface area (Å²) < 4.78 is 0. The molecular weight excluding hydrogens is 162 g/mol. The van der Waals surface area contributed by atoms with Crippen molar-refractivity contribution in [3.63, 3.8) is 0 Å². The van der Waals surface area contributed by atoms with Crippen molar-refractivity contribution in [2.45, 2.75) is 20.8 Å². The number of phenolic OH excluding ortho intramolecular Hbond substituents is 1. The normalized spacial score (nSPS) is 11.4. The minimum absolute atomic E-state index is 0.238. The second-order valence-electron chi connectivity index (χ2n) is 3.51. The molecule has 0 spiro atoms. The Hall–Kier alpha value is -1.31. The molecule has 0 aromatic heterocycles. The van der Waals surface area contributed by atoms with Gasteiger partial charge >= 0.3 is 0 Å². The Morgan fingerprint density at radius 1 is 1.38 bits per heavy atom. The molecule has 1 aromatic carbocycles. The van der Waals surface area contributed by atoms with Crippen LogP contribution in [-0.4, -0.2) is 11.3 Å². The van der Waals surface area contributed by atoms with Crippen LogP contribution in [-0.2, 0) is 0 Å². The summed E-state index contributed by atoms with van der Waals surface area (Å²) in [5.74, 6) is 0.641. The van der Waals surface area contributed by atoms with Gasteiger partial charge < -0.3 is 5.11 Å². The van der Waals surface area contributed by atoms with Crippen molar-refractivity contribution < 1.29 is 5.11 Å². The Bertz CT molecular complexity index is 316. The smallest absolute Gasteiger partial charge is 0.141 e. The summed E-state index contributed by atoms with van der Waals surface area (Å²) in [6, 6.07) is 5.40. The van der Waals surface area contributed by atoms with Gasteiger partial charge in [0.05, 0.1) is 0 Å². The summed E-state index contributed by atoms with van der Waals surface area (Å²) >= 11 is 0. The molecule has 0 aliphatic carbocycles. The van der Waals surface area contributed by atoms with Gasteiger partial charge in [-0.3, -0.25) is 4.99 Å². The van der Waals surface area contributed by atoms with Gasteiger partial charge in [-0.2, -0.15) is 0 Å². The third-order valence-corrected chi connectivity index (χ3v) is 1.64. The number of aliphatic imine (C=N–C) groups is 1. The summed E-state index contributed by atoms with van der Waals surface area (Å²) in [5, 5.41) is 9.43. The number of rotatable bonds is 2. The maximum atomic E-state index is 9.43. The van der Waals surface area contributed by atoms with Gasteiger partial charge in [0, 0.05) is 6.21 Å². The Kier molecular flexibility index (Phi) is 3.07.